The van der Waals surface area contributed by atoms with Gasteiger partial charge in [0.2, 0.25) is 0 Å². The monoisotopic (exact) mass is 278 g/mol. The zero-order chi connectivity index (χ0) is 13.5. The molecule has 0 amide bonds. The Morgan fingerprint density at radius 2 is 1.42 bits per heavy atom. The Morgan fingerprint density at radius 1 is 0.947 bits per heavy atom. The minimum absolute atomic E-state index is 0. The van der Waals surface area contributed by atoms with Crippen molar-refractivity contribution >= 4 is 35.5 Å². The van der Waals surface area contributed by atoms with E-state index < -0.39 is 0 Å². The molecule has 108 valence electrons. The van der Waals surface area contributed by atoms with Gasteiger partial charge in [0.1, 0.15) is 6.61 Å². The van der Waals surface area contributed by atoms with E-state index in [2.05, 4.69) is 13.5 Å². The van der Waals surface area contributed by atoms with E-state index >= 15 is 0 Å². The van der Waals surface area contributed by atoms with Gasteiger partial charge in [-0.25, -0.2) is 0 Å². The van der Waals surface area contributed by atoms with E-state index in [1.54, 1.807) is 6.08 Å². The fourth-order valence-electron chi connectivity index (χ4n) is 1.98. The average Bonchev–Trinajstić information content (AvgIpc) is 2.38. The van der Waals surface area contributed by atoms with Crippen molar-refractivity contribution in [3.63, 3.8) is 0 Å². The Bertz CT molecular complexity index is 205. The molecule has 0 fully saturated rings. The Hall–Kier alpha value is 0.210. The third kappa shape index (κ3) is 18.2. The van der Waals surface area contributed by atoms with Gasteiger partial charge in [0.25, 0.3) is 0 Å². The van der Waals surface area contributed by atoms with Gasteiger partial charge >= 0.3 is 35.5 Å². The van der Waals surface area contributed by atoms with E-state index in [-0.39, 0.29) is 35.5 Å². The van der Waals surface area contributed by atoms with Crippen LogP contribution >= 0.6 is 0 Å². The van der Waals surface area contributed by atoms with E-state index in [1.807, 2.05) is 0 Å². The molecular weight excluding hydrogens is 247 g/mol. The van der Waals surface area contributed by atoms with Gasteiger partial charge in [-0.05, 0) is 6.42 Å². The summed E-state index contributed by atoms with van der Waals surface area (Å²) in [4.78, 5) is 11.2. The van der Waals surface area contributed by atoms with Gasteiger partial charge in [0.15, 0.2) is 0 Å². The van der Waals surface area contributed by atoms with Crippen LogP contribution in [0.3, 0.4) is 0 Å². The van der Waals surface area contributed by atoms with Crippen LogP contribution in [0.15, 0.2) is 12.7 Å². The maximum atomic E-state index is 11.2. The first-order valence-electron chi connectivity index (χ1n) is 7.57. The summed E-state index contributed by atoms with van der Waals surface area (Å²) in [6.07, 6.45) is 15.1. The van der Waals surface area contributed by atoms with Crippen LogP contribution in [0.25, 0.3) is 0 Å². The number of hydrogen-bond acceptors (Lipinski definition) is 2. The molecule has 0 aromatic carbocycles. The third-order valence-corrected chi connectivity index (χ3v) is 3.10. The molecule has 0 radical (unpaired) electrons. The molecule has 3 heteroatoms. The molecule has 0 spiro atoms. The molecule has 0 aliphatic rings. The van der Waals surface area contributed by atoms with Crippen LogP contribution in [0.2, 0.25) is 0 Å². The van der Waals surface area contributed by atoms with E-state index in [4.69, 9.17) is 4.74 Å². The third-order valence-electron chi connectivity index (χ3n) is 3.10. The molecule has 0 saturated heterocycles. The zero-order valence-electron chi connectivity index (χ0n) is 12.1. The fourth-order valence-corrected chi connectivity index (χ4v) is 1.98. The second-order valence-corrected chi connectivity index (χ2v) is 4.90. The van der Waals surface area contributed by atoms with Crippen LogP contribution < -0.4 is 0 Å². The molecule has 0 rings (SSSR count). The summed E-state index contributed by atoms with van der Waals surface area (Å²) in [7, 11) is 0. The summed E-state index contributed by atoms with van der Waals surface area (Å²) in [5.74, 6) is -0.0885. The van der Waals surface area contributed by atoms with Crippen LogP contribution in [-0.2, 0) is 9.53 Å². The van der Waals surface area contributed by atoms with Gasteiger partial charge in [0, 0.05) is 6.42 Å². The normalized spacial score (nSPS) is 9.74. The van der Waals surface area contributed by atoms with Crippen molar-refractivity contribution in [2.45, 2.75) is 77.6 Å². The summed E-state index contributed by atoms with van der Waals surface area (Å²) in [6.45, 7) is 6.11. The molecule has 19 heavy (non-hydrogen) atoms. The van der Waals surface area contributed by atoms with Crippen molar-refractivity contribution in [2.24, 2.45) is 0 Å². The van der Waals surface area contributed by atoms with Gasteiger partial charge < -0.3 is 4.74 Å². The van der Waals surface area contributed by atoms with Crippen molar-refractivity contribution in [1.29, 1.82) is 0 Å². The number of ether oxygens (including phenoxy) is 1. The van der Waals surface area contributed by atoms with Gasteiger partial charge in [-0.3, -0.25) is 4.79 Å². The van der Waals surface area contributed by atoms with Crippen LogP contribution in [-0.4, -0.2) is 42.1 Å². The Kier molecular flexibility index (Phi) is 20.6. The van der Waals surface area contributed by atoms with Crippen molar-refractivity contribution in [2.75, 3.05) is 6.61 Å². The van der Waals surface area contributed by atoms with E-state index in [9.17, 15) is 4.79 Å². The van der Waals surface area contributed by atoms with Crippen molar-refractivity contribution in [3.8, 4) is 0 Å². The summed E-state index contributed by atoms with van der Waals surface area (Å²) in [5, 5.41) is 0. The van der Waals surface area contributed by atoms with E-state index in [0.717, 1.165) is 12.8 Å². The quantitative estimate of drug-likeness (QED) is 0.216. The molecule has 0 unspecified atom stereocenters. The predicted molar refractivity (Wildman–Crippen MR) is 84.8 cm³/mol. The standard InChI is InChI=1S/C16H30O2.Na.H/c1-3-5-6-7-8-9-10-11-12-13-14-16(17)18-15-4-2;;/h4H,2-3,5-15H2,1H3;;. The van der Waals surface area contributed by atoms with Crippen LogP contribution in [0.4, 0.5) is 0 Å². The first kappa shape index (κ1) is 21.5. The van der Waals surface area contributed by atoms with Gasteiger partial charge in [-0.15, -0.1) is 0 Å². The van der Waals surface area contributed by atoms with E-state index in [0.29, 0.717) is 13.0 Å². The number of hydrogen-bond donors (Lipinski definition) is 0. The summed E-state index contributed by atoms with van der Waals surface area (Å²) < 4.78 is 4.92. The number of esters is 1. The second-order valence-electron chi connectivity index (χ2n) is 4.90. The van der Waals surface area contributed by atoms with Gasteiger partial charge in [-0.1, -0.05) is 77.4 Å². The fraction of sp³-hybridized carbons (Fsp3) is 0.812. The number of unbranched alkanes of at least 4 members (excludes halogenated alkanes) is 9. The SMILES string of the molecule is C=CCOC(=O)CCCCCCCCCCCC.[NaH]. The first-order valence-corrected chi connectivity index (χ1v) is 7.57. The molecule has 0 atom stereocenters. The molecule has 2 nitrogen and oxygen atoms in total. The Morgan fingerprint density at radius 3 is 1.89 bits per heavy atom. The van der Waals surface area contributed by atoms with Crippen LogP contribution in [0, 0.1) is 0 Å². The molecule has 0 N–H and O–H groups in total. The predicted octanol–water partition coefficient (Wildman–Crippen LogP) is 4.38. The molecule has 0 aromatic rings. The van der Waals surface area contributed by atoms with Crippen LogP contribution in [0.5, 0.6) is 0 Å². The first-order chi connectivity index (χ1) is 8.81. The summed E-state index contributed by atoms with van der Waals surface area (Å²) >= 11 is 0. The van der Waals surface area contributed by atoms with Crippen molar-refractivity contribution in [3.05, 3.63) is 12.7 Å². The number of carbonyl (C=O) groups is 1. The Balaban J connectivity index is 0. The molecule has 0 aliphatic carbocycles. The maximum absolute atomic E-state index is 11.2. The number of rotatable bonds is 13. The molecule has 0 aromatic heterocycles. The zero-order valence-corrected chi connectivity index (χ0v) is 12.1. The Labute approximate surface area is 141 Å². The molecule has 0 saturated carbocycles. The molecule has 0 bridgehead atoms. The average molecular weight is 278 g/mol. The van der Waals surface area contributed by atoms with Crippen molar-refractivity contribution in [1.82, 2.24) is 0 Å². The minimum atomic E-state index is -0.0885. The van der Waals surface area contributed by atoms with Crippen molar-refractivity contribution < 1.29 is 9.53 Å². The second kappa shape index (κ2) is 18.2. The summed E-state index contributed by atoms with van der Waals surface area (Å²) in [6, 6.07) is 0. The summed E-state index contributed by atoms with van der Waals surface area (Å²) in [5.41, 5.74) is 0. The topological polar surface area (TPSA) is 26.3 Å². The molecular formula is C16H31NaO2. The molecule has 0 aliphatic heterocycles. The molecule has 0 heterocycles. The number of carbonyl (C=O) groups excluding carboxylic acids is 1. The van der Waals surface area contributed by atoms with Crippen LogP contribution in [0.1, 0.15) is 77.6 Å². The van der Waals surface area contributed by atoms with Gasteiger partial charge in [-0.2, -0.15) is 0 Å². The van der Waals surface area contributed by atoms with E-state index in [1.165, 1.54) is 51.4 Å². The van der Waals surface area contributed by atoms with Gasteiger partial charge in [0.05, 0.1) is 0 Å².